The lowest BCUT2D eigenvalue weighted by molar-refractivity contribution is -0.121. The molecule has 3 amide bonds. The summed E-state index contributed by atoms with van der Waals surface area (Å²) in [7, 11) is 0. The van der Waals surface area contributed by atoms with Gasteiger partial charge in [-0.1, -0.05) is 24.6 Å². The molecule has 24 heavy (non-hydrogen) atoms. The van der Waals surface area contributed by atoms with Gasteiger partial charge >= 0.3 is 6.03 Å². The van der Waals surface area contributed by atoms with Crippen LogP contribution in [0.15, 0.2) is 29.6 Å². The van der Waals surface area contributed by atoms with Gasteiger partial charge in [0, 0.05) is 17.1 Å². The van der Waals surface area contributed by atoms with Crippen LogP contribution >= 0.6 is 11.3 Å². The number of nitrogens with one attached hydrogen (secondary N) is 3. The Kier molecular flexibility index (Phi) is 6.31. The monoisotopic (exact) mass is 346 g/mol. The number of aromatic nitrogens is 1. The number of carbonyl (C=O) groups excluding carboxylic acids is 2. The van der Waals surface area contributed by atoms with E-state index in [2.05, 4.69) is 20.9 Å². The van der Waals surface area contributed by atoms with Gasteiger partial charge in [-0.2, -0.15) is 0 Å². The van der Waals surface area contributed by atoms with Crippen LogP contribution in [0.1, 0.15) is 31.5 Å². The molecular weight excluding hydrogens is 324 g/mol. The maximum Gasteiger partial charge on any atom is 0.325 e. The molecule has 2 aromatic rings. The number of urea groups is 1. The quantitative estimate of drug-likeness (QED) is 0.748. The number of amides is 3. The van der Waals surface area contributed by atoms with E-state index in [9.17, 15) is 9.59 Å². The van der Waals surface area contributed by atoms with Gasteiger partial charge in [-0.05, 0) is 32.4 Å². The van der Waals surface area contributed by atoms with Crippen molar-refractivity contribution in [2.75, 3.05) is 10.6 Å². The highest BCUT2D eigenvalue weighted by Gasteiger charge is 2.11. The Bertz CT molecular complexity index is 697. The zero-order chi connectivity index (χ0) is 17.5. The molecule has 6 nitrogen and oxygen atoms in total. The molecule has 0 aliphatic rings. The van der Waals surface area contributed by atoms with Crippen LogP contribution in [0, 0.1) is 6.92 Å². The Morgan fingerprint density at radius 2 is 1.92 bits per heavy atom. The van der Waals surface area contributed by atoms with Gasteiger partial charge in [0.05, 0.1) is 12.1 Å². The number of nitrogens with zero attached hydrogens (tertiary/aromatic N) is 1. The fraction of sp³-hybridized carbons (Fsp3) is 0.353. The summed E-state index contributed by atoms with van der Waals surface area (Å²) in [6.45, 7) is 5.96. The molecule has 0 saturated carbocycles. The molecule has 3 N–H and O–H groups in total. The largest absolute Gasteiger partial charge is 0.353 e. The first-order valence-corrected chi connectivity index (χ1v) is 8.72. The van der Waals surface area contributed by atoms with Crippen molar-refractivity contribution in [2.24, 2.45) is 0 Å². The first-order valence-electron chi connectivity index (χ1n) is 7.84. The van der Waals surface area contributed by atoms with Crippen molar-refractivity contribution in [1.82, 2.24) is 10.3 Å². The number of thiazole rings is 1. The van der Waals surface area contributed by atoms with Crippen LogP contribution in [0.5, 0.6) is 0 Å². The number of carbonyl (C=O) groups is 2. The predicted octanol–water partition coefficient (Wildman–Crippen LogP) is 3.55. The molecule has 1 atom stereocenters. The lowest BCUT2D eigenvalue weighted by Crippen LogP contribution is -2.33. The summed E-state index contributed by atoms with van der Waals surface area (Å²) in [5.41, 5.74) is 2.48. The van der Waals surface area contributed by atoms with Gasteiger partial charge in [-0.25, -0.2) is 9.78 Å². The molecule has 0 radical (unpaired) electrons. The number of aryl methyl sites for hydroxylation is 1. The van der Waals surface area contributed by atoms with E-state index in [-0.39, 0.29) is 24.4 Å². The normalized spacial score (nSPS) is 11.6. The Labute approximate surface area is 145 Å². The summed E-state index contributed by atoms with van der Waals surface area (Å²) in [6.07, 6.45) is 1.09. The maximum absolute atomic E-state index is 11.9. The summed E-state index contributed by atoms with van der Waals surface area (Å²) >= 11 is 1.29. The molecular formula is C17H22N4O2S. The van der Waals surface area contributed by atoms with Crippen LogP contribution in [0.25, 0.3) is 0 Å². The van der Waals surface area contributed by atoms with Gasteiger partial charge in [-0.15, -0.1) is 11.3 Å². The Morgan fingerprint density at radius 1 is 1.21 bits per heavy atom. The number of hydrogen-bond donors (Lipinski definition) is 3. The summed E-state index contributed by atoms with van der Waals surface area (Å²) in [6, 6.07) is 7.31. The second kappa shape index (κ2) is 8.44. The zero-order valence-corrected chi connectivity index (χ0v) is 14.9. The third kappa shape index (κ3) is 5.66. The second-order valence-electron chi connectivity index (χ2n) is 5.64. The lowest BCUT2D eigenvalue weighted by atomic mass is 10.2. The minimum atomic E-state index is -0.358. The minimum absolute atomic E-state index is 0.0645. The van der Waals surface area contributed by atoms with E-state index in [1.54, 1.807) is 5.38 Å². The van der Waals surface area contributed by atoms with Gasteiger partial charge in [0.15, 0.2) is 5.13 Å². The third-order valence-corrected chi connectivity index (χ3v) is 4.25. The molecule has 0 aliphatic heterocycles. The van der Waals surface area contributed by atoms with Gasteiger partial charge in [0.25, 0.3) is 0 Å². The third-order valence-electron chi connectivity index (χ3n) is 3.44. The van der Waals surface area contributed by atoms with Crippen molar-refractivity contribution in [3.05, 3.63) is 40.9 Å². The van der Waals surface area contributed by atoms with Crippen molar-refractivity contribution < 1.29 is 9.59 Å². The molecule has 128 valence electrons. The average Bonchev–Trinajstić information content (AvgIpc) is 2.96. The van der Waals surface area contributed by atoms with Crippen molar-refractivity contribution in [3.63, 3.8) is 0 Å². The second-order valence-corrected chi connectivity index (χ2v) is 6.50. The van der Waals surface area contributed by atoms with E-state index in [4.69, 9.17) is 0 Å². The van der Waals surface area contributed by atoms with E-state index in [1.165, 1.54) is 11.3 Å². The number of hydrogen-bond acceptors (Lipinski definition) is 4. The molecule has 1 heterocycles. The van der Waals surface area contributed by atoms with Crippen LogP contribution in [-0.2, 0) is 11.2 Å². The first kappa shape index (κ1) is 17.9. The van der Waals surface area contributed by atoms with E-state index in [0.717, 1.165) is 12.0 Å². The summed E-state index contributed by atoms with van der Waals surface area (Å²) in [4.78, 5) is 28.0. The maximum atomic E-state index is 11.9. The van der Waals surface area contributed by atoms with Gasteiger partial charge < -0.3 is 10.6 Å². The van der Waals surface area contributed by atoms with E-state index in [0.29, 0.717) is 16.5 Å². The Hall–Kier alpha value is -2.41. The van der Waals surface area contributed by atoms with E-state index in [1.807, 2.05) is 45.0 Å². The van der Waals surface area contributed by atoms with Crippen LogP contribution in [0.4, 0.5) is 15.6 Å². The predicted molar refractivity (Wildman–Crippen MR) is 97.5 cm³/mol. The molecule has 2 rings (SSSR count). The highest BCUT2D eigenvalue weighted by Crippen LogP contribution is 2.16. The highest BCUT2D eigenvalue weighted by atomic mass is 32.1. The number of benzene rings is 1. The van der Waals surface area contributed by atoms with Crippen molar-refractivity contribution in [3.8, 4) is 0 Å². The van der Waals surface area contributed by atoms with Crippen LogP contribution in [-0.4, -0.2) is 23.0 Å². The van der Waals surface area contributed by atoms with Crippen LogP contribution in [0.2, 0.25) is 0 Å². The van der Waals surface area contributed by atoms with E-state index < -0.39 is 0 Å². The topological polar surface area (TPSA) is 83.1 Å². The molecule has 1 aromatic carbocycles. The zero-order valence-electron chi connectivity index (χ0n) is 14.1. The Morgan fingerprint density at radius 3 is 2.58 bits per heavy atom. The summed E-state index contributed by atoms with van der Waals surface area (Å²) < 4.78 is 0. The molecule has 0 bridgehead atoms. The van der Waals surface area contributed by atoms with E-state index >= 15 is 0 Å². The lowest BCUT2D eigenvalue weighted by Gasteiger charge is -2.10. The molecule has 0 unspecified atom stereocenters. The summed E-state index contributed by atoms with van der Waals surface area (Å²) in [5.74, 6) is -0.0645. The minimum Gasteiger partial charge on any atom is -0.353 e. The molecule has 0 fully saturated rings. The van der Waals surface area contributed by atoms with Gasteiger partial charge in [-0.3, -0.25) is 10.1 Å². The SMILES string of the molecule is CC[C@@H](C)NC(=O)Cc1csc(NC(=O)Nc2ccc(C)cc2)n1. The van der Waals surface area contributed by atoms with Crippen molar-refractivity contribution in [1.29, 1.82) is 0 Å². The molecule has 0 aliphatic carbocycles. The first-order chi connectivity index (χ1) is 11.5. The van der Waals surface area contributed by atoms with Crippen LogP contribution in [0.3, 0.4) is 0 Å². The van der Waals surface area contributed by atoms with Gasteiger partial charge in [0.1, 0.15) is 0 Å². The standard InChI is InChI=1S/C17H22N4O2S/c1-4-12(3)18-15(22)9-14-10-24-17(20-14)21-16(23)19-13-7-5-11(2)6-8-13/h5-8,10,12H,4,9H2,1-3H3,(H,18,22)(H2,19,20,21,23)/t12-/m1/s1. The average molecular weight is 346 g/mol. The van der Waals surface area contributed by atoms with Gasteiger partial charge in [0.2, 0.25) is 5.91 Å². The highest BCUT2D eigenvalue weighted by molar-refractivity contribution is 7.13. The molecule has 7 heteroatoms. The summed E-state index contributed by atoms with van der Waals surface area (Å²) in [5, 5.41) is 10.5. The number of rotatable bonds is 6. The van der Waals surface area contributed by atoms with Crippen molar-refractivity contribution in [2.45, 2.75) is 39.7 Å². The van der Waals surface area contributed by atoms with Crippen LogP contribution < -0.4 is 16.0 Å². The fourth-order valence-electron chi connectivity index (χ4n) is 1.93. The van der Waals surface area contributed by atoms with Crippen molar-refractivity contribution >= 4 is 34.1 Å². The fourth-order valence-corrected chi connectivity index (χ4v) is 2.64. The Balaban J connectivity index is 1.85. The molecule has 1 aromatic heterocycles. The number of anilines is 2. The molecule has 0 spiro atoms. The molecule has 0 saturated heterocycles. The smallest absolute Gasteiger partial charge is 0.325 e.